The lowest BCUT2D eigenvalue weighted by Gasteiger charge is -2.47. The van der Waals surface area contributed by atoms with Crippen molar-refractivity contribution in [2.24, 2.45) is 0 Å². The maximum absolute atomic E-state index is 9.94. The van der Waals surface area contributed by atoms with E-state index in [4.69, 9.17) is 23.7 Å². The molecule has 0 saturated carbocycles. The Morgan fingerprint density at radius 3 is 2.22 bits per heavy atom. The topological polar surface area (TPSA) is 66.4 Å². The largest absolute Gasteiger partial charge is 0.366 e. The Hall–Kier alpha value is -0.240. The highest BCUT2D eigenvalue weighted by Gasteiger charge is 2.58. The van der Waals surface area contributed by atoms with Crippen molar-refractivity contribution in [2.45, 2.75) is 70.0 Å². The molecular weight excluding hydrogens is 240 g/mol. The maximum Gasteiger partial charge on any atom is 0.184 e. The van der Waals surface area contributed by atoms with E-state index in [0.29, 0.717) is 6.61 Å². The summed E-state index contributed by atoms with van der Waals surface area (Å²) in [6, 6.07) is 0. The normalized spacial score (nSPS) is 49.5. The van der Waals surface area contributed by atoms with Crippen LogP contribution in [0.4, 0.5) is 0 Å². The zero-order valence-corrected chi connectivity index (χ0v) is 11.1. The van der Waals surface area contributed by atoms with Crippen LogP contribution in [-0.2, 0) is 23.7 Å². The molecule has 0 unspecified atom stereocenters. The lowest BCUT2D eigenvalue weighted by molar-refractivity contribution is -0.365. The summed E-state index contributed by atoms with van der Waals surface area (Å²) >= 11 is 0. The molecule has 6 heteroatoms. The minimum atomic E-state index is -1.01. The van der Waals surface area contributed by atoms with Crippen LogP contribution in [0.3, 0.4) is 0 Å². The molecule has 0 aromatic carbocycles. The Morgan fingerprint density at radius 2 is 1.50 bits per heavy atom. The number of fused-ring (bicyclic) bond motifs is 3. The first-order chi connectivity index (χ1) is 8.27. The molecule has 0 bridgehead atoms. The molecule has 0 aromatic rings. The molecule has 18 heavy (non-hydrogen) atoms. The van der Waals surface area contributed by atoms with Gasteiger partial charge < -0.3 is 28.8 Å². The first-order valence-electron chi connectivity index (χ1n) is 6.28. The molecule has 3 fully saturated rings. The second-order valence-electron chi connectivity index (χ2n) is 5.92. The third-order valence-corrected chi connectivity index (χ3v) is 3.46. The SMILES string of the molecule is CC1(C)O[C@@H]2[C@H](O1)[C@@H](O)O[C@@H]1COC(C)(C)O[C@@H]21. The van der Waals surface area contributed by atoms with Gasteiger partial charge in [-0.2, -0.15) is 0 Å². The Bertz CT molecular complexity index is 341. The minimum absolute atomic E-state index is 0.288. The molecule has 0 radical (unpaired) electrons. The van der Waals surface area contributed by atoms with Gasteiger partial charge >= 0.3 is 0 Å². The van der Waals surface area contributed by atoms with Gasteiger partial charge in [0, 0.05) is 0 Å². The van der Waals surface area contributed by atoms with Crippen LogP contribution in [0.15, 0.2) is 0 Å². The fraction of sp³-hybridized carbons (Fsp3) is 1.00. The van der Waals surface area contributed by atoms with Crippen LogP contribution < -0.4 is 0 Å². The lowest BCUT2D eigenvalue weighted by Crippen LogP contribution is -2.63. The second-order valence-corrected chi connectivity index (χ2v) is 5.92. The fourth-order valence-corrected chi connectivity index (χ4v) is 2.76. The van der Waals surface area contributed by atoms with Crippen molar-refractivity contribution >= 4 is 0 Å². The van der Waals surface area contributed by atoms with E-state index < -0.39 is 24.0 Å². The average molecular weight is 260 g/mol. The van der Waals surface area contributed by atoms with Crippen LogP contribution in [0.25, 0.3) is 0 Å². The van der Waals surface area contributed by atoms with E-state index in [2.05, 4.69) is 0 Å². The molecule has 0 aromatic heterocycles. The summed E-state index contributed by atoms with van der Waals surface area (Å²) in [5.41, 5.74) is 0. The van der Waals surface area contributed by atoms with Crippen LogP contribution in [0.1, 0.15) is 27.7 Å². The monoisotopic (exact) mass is 260 g/mol. The van der Waals surface area contributed by atoms with E-state index in [-0.39, 0.29) is 18.3 Å². The van der Waals surface area contributed by atoms with E-state index in [1.165, 1.54) is 0 Å². The molecule has 3 aliphatic rings. The van der Waals surface area contributed by atoms with Crippen molar-refractivity contribution < 1.29 is 28.8 Å². The Labute approximate surface area is 106 Å². The van der Waals surface area contributed by atoms with E-state index >= 15 is 0 Å². The molecule has 0 amide bonds. The lowest BCUT2D eigenvalue weighted by atomic mass is 9.98. The predicted molar refractivity (Wildman–Crippen MR) is 59.6 cm³/mol. The molecule has 0 aliphatic carbocycles. The third kappa shape index (κ3) is 2.07. The van der Waals surface area contributed by atoms with Gasteiger partial charge in [0.25, 0.3) is 0 Å². The first kappa shape index (κ1) is 12.8. The van der Waals surface area contributed by atoms with E-state index in [1.807, 2.05) is 27.7 Å². The van der Waals surface area contributed by atoms with Gasteiger partial charge in [-0.15, -0.1) is 0 Å². The van der Waals surface area contributed by atoms with Crippen molar-refractivity contribution in [3.05, 3.63) is 0 Å². The summed E-state index contributed by atoms with van der Waals surface area (Å²) in [5.74, 6) is -1.41. The number of aliphatic hydroxyl groups excluding tert-OH is 1. The molecule has 3 saturated heterocycles. The van der Waals surface area contributed by atoms with Crippen molar-refractivity contribution in [3.8, 4) is 0 Å². The van der Waals surface area contributed by atoms with E-state index in [1.54, 1.807) is 0 Å². The number of hydrogen-bond donors (Lipinski definition) is 1. The van der Waals surface area contributed by atoms with Crippen molar-refractivity contribution in [3.63, 3.8) is 0 Å². The number of ether oxygens (including phenoxy) is 5. The van der Waals surface area contributed by atoms with Gasteiger partial charge in [-0.25, -0.2) is 0 Å². The highest BCUT2D eigenvalue weighted by Crippen LogP contribution is 2.41. The summed E-state index contributed by atoms with van der Waals surface area (Å²) in [7, 11) is 0. The predicted octanol–water partition coefficient (Wildman–Crippen LogP) is 0.375. The van der Waals surface area contributed by atoms with Gasteiger partial charge in [-0.1, -0.05) is 0 Å². The number of aliphatic hydroxyl groups is 1. The molecule has 5 atom stereocenters. The van der Waals surface area contributed by atoms with Gasteiger partial charge in [0.2, 0.25) is 0 Å². The maximum atomic E-state index is 9.94. The number of hydrogen-bond acceptors (Lipinski definition) is 6. The molecule has 1 N–H and O–H groups in total. The molecule has 0 spiro atoms. The van der Waals surface area contributed by atoms with Crippen LogP contribution >= 0.6 is 0 Å². The highest BCUT2D eigenvalue weighted by atomic mass is 16.8. The van der Waals surface area contributed by atoms with Crippen LogP contribution in [0, 0.1) is 0 Å². The first-order valence-corrected chi connectivity index (χ1v) is 6.28. The molecule has 6 nitrogen and oxygen atoms in total. The quantitative estimate of drug-likeness (QED) is 0.679. The summed E-state index contributed by atoms with van der Waals surface area (Å²) < 4.78 is 28.4. The van der Waals surface area contributed by atoms with Crippen LogP contribution in [0.2, 0.25) is 0 Å². The number of rotatable bonds is 0. The van der Waals surface area contributed by atoms with Crippen molar-refractivity contribution in [2.75, 3.05) is 6.61 Å². The van der Waals surface area contributed by atoms with Gasteiger partial charge in [-0.05, 0) is 27.7 Å². The molecule has 104 valence electrons. The molecule has 3 rings (SSSR count). The van der Waals surface area contributed by atoms with Gasteiger partial charge in [0.1, 0.15) is 24.4 Å². The summed E-state index contributed by atoms with van der Waals surface area (Å²) in [6.07, 6.45) is -2.48. The standard InChI is InChI=1S/C12H20O6/c1-11(2)14-5-6-7(16-11)8-9(10(13)15-6)18-12(3,4)17-8/h6-10,13H,5H2,1-4H3/t6-,7-,8+,9+,10+/m1/s1. The fourth-order valence-electron chi connectivity index (χ4n) is 2.76. The summed E-state index contributed by atoms with van der Waals surface area (Å²) in [4.78, 5) is 0. The van der Waals surface area contributed by atoms with Crippen LogP contribution in [0.5, 0.6) is 0 Å². The average Bonchev–Trinajstić information content (AvgIpc) is 2.56. The van der Waals surface area contributed by atoms with Gasteiger partial charge in [0.15, 0.2) is 17.9 Å². The Balaban J connectivity index is 1.84. The minimum Gasteiger partial charge on any atom is -0.366 e. The zero-order chi connectivity index (χ0) is 13.1. The van der Waals surface area contributed by atoms with Gasteiger partial charge in [-0.3, -0.25) is 0 Å². The zero-order valence-electron chi connectivity index (χ0n) is 11.1. The van der Waals surface area contributed by atoms with E-state index in [0.717, 1.165) is 0 Å². The van der Waals surface area contributed by atoms with E-state index in [9.17, 15) is 5.11 Å². The molecule has 3 heterocycles. The third-order valence-electron chi connectivity index (χ3n) is 3.46. The summed E-state index contributed by atoms with van der Waals surface area (Å²) in [6.45, 7) is 7.71. The Morgan fingerprint density at radius 1 is 0.889 bits per heavy atom. The molecule has 3 aliphatic heterocycles. The molecular formula is C12H20O6. The highest BCUT2D eigenvalue weighted by molar-refractivity contribution is 4.98. The van der Waals surface area contributed by atoms with Crippen LogP contribution in [-0.4, -0.2) is 54.0 Å². The van der Waals surface area contributed by atoms with Crippen molar-refractivity contribution in [1.82, 2.24) is 0 Å². The summed E-state index contributed by atoms with van der Waals surface area (Å²) in [5, 5.41) is 9.94. The van der Waals surface area contributed by atoms with Crippen molar-refractivity contribution in [1.29, 1.82) is 0 Å². The smallest absolute Gasteiger partial charge is 0.184 e. The Kier molecular flexibility index (Phi) is 2.75. The van der Waals surface area contributed by atoms with Gasteiger partial charge in [0.05, 0.1) is 6.61 Å². The second kappa shape index (κ2) is 3.88.